The minimum absolute atomic E-state index is 0.104. The van der Waals surface area contributed by atoms with Gasteiger partial charge in [0.05, 0.1) is 17.7 Å². The number of hydrogen-bond donors (Lipinski definition) is 1. The number of halogens is 4. The summed E-state index contributed by atoms with van der Waals surface area (Å²) in [4.78, 5) is 29.6. The van der Waals surface area contributed by atoms with Crippen LogP contribution in [0.5, 0.6) is 0 Å². The van der Waals surface area contributed by atoms with E-state index in [-0.39, 0.29) is 35.4 Å². The van der Waals surface area contributed by atoms with Crippen molar-refractivity contribution in [3.8, 4) is 0 Å². The fourth-order valence-electron chi connectivity index (χ4n) is 7.44. The molecule has 1 N–H and O–H groups in total. The summed E-state index contributed by atoms with van der Waals surface area (Å²) in [5, 5.41) is 9.50. The summed E-state index contributed by atoms with van der Waals surface area (Å²) in [6.45, 7) is 4.90. The van der Waals surface area contributed by atoms with Gasteiger partial charge in [0, 0.05) is 30.7 Å². The van der Waals surface area contributed by atoms with Crippen molar-refractivity contribution in [2.24, 2.45) is 11.8 Å². The van der Waals surface area contributed by atoms with E-state index in [0.717, 1.165) is 56.5 Å². The second kappa shape index (κ2) is 11.1. The molecule has 6 rings (SSSR count). The van der Waals surface area contributed by atoms with E-state index < -0.39 is 23.3 Å². The van der Waals surface area contributed by atoms with Gasteiger partial charge in [-0.25, -0.2) is 4.79 Å². The third-order valence-corrected chi connectivity index (χ3v) is 10.2. The monoisotopic (exact) mass is 604 g/mol. The van der Waals surface area contributed by atoms with Crippen molar-refractivity contribution in [3.05, 3.63) is 69.2 Å². The number of carbonyl (C=O) groups excluding carboxylic acids is 1. The smallest absolute Gasteiger partial charge is 0.416 e. The molecular weight excluding hydrogens is 569 g/mol. The summed E-state index contributed by atoms with van der Waals surface area (Å²) < 4.78 is 46.9. The molecule has 0 aromatic heterocycles. The van der Waals surface area contributed by atoms with E-state index in [2.05, 4.69) is 11.8 Å². The van der Waals surface area contributed by atoms with Crippen molar-refractivity contribution in [3.63, 3.8) is 0 Å². The Balaban J connectivity index is 1.11. The molecule has 3 fully saturated rings. The highest BCUT2D eigenvalue weighted by atomic mass is 35.5. The number of carbonyl (C=O) groups is 2. The summed E-state index contributed by atoms with van der Waals surface area (Å²) in [6.07, 6.45) is 0.0970. The molecular formula is C32H36ClF3N2O4. The van der Waals surface area contributed by atoms with Gasteiger partial charge in [-0.3, -0.25) is 9.69 Å². The second-order valence-corrected chi connectivity index (χ2v) is 12.9. The lowest BCUT2D eigenvalue weighted by Gasteiger charge is -2.48. The van der Waals surface area contributed by atoms with Crippen LogP contribution in [0.2, 0.25) is 5.02 Å². The summed E-state index contributed by atoms with van der Waals surface area (Å²) >= 11 is 6.22. The number of alkyl halides is 3. The number of nitrogens with zero attached hydrogens (tertiary/aromatic N) is 2. The zero-order valence-corrected chi connectivity index (χ0v) is 24.4. The van der Waals surface area contributed by atoms with Crippen LogP contribution in [0.25, 0.3) is 0 Å². The highest BCUT2D eigenvalue weighted by molar-refractivity contribution is 6.31. The van der Waals surface area contributed by atoms with Crippen LogP contribution < -0.4 is 0 Å². The van der Waals surface area contributed by atoms with Gasteiger partial charge in [-0.1, -0.05) is 30.7 Å². The summed E-state index contributed by atoms with van der Waals surface area (Å²) in [6, 6.07) is 9.53. The van der Waals surface area contributed by atoms with E-state index in [1.165, 1.54) is 0 Å². The van der Waals surface area contributed by atoms with Gasteiger partial charge in [0.1, 0.15) is 5.60 Å². The van der Waals surface area contributed by atoms with Crippen LogP contribution in [0.15, 0.2) is 36.4 Å². The van der Waals surface area contributed by atoms with E-state index >= 15 is 0 Å². The van der Waals surface area contributed by atoms with E-state index in [1.807, 2.05) is 12.1 Å². The highest BCUT2D eigenvalue weighted by Crippen LogP contribution is 2.49. The molecule has 3 heterocycles. The molecule has 4 atom stereocenters. The Morgan fingerprint density at radius 2 is 1.88 bits per heavy atom. The fourth-order valence-corrected chi connectivity index (χ4v) is 7.78. The zero-order valence-electron chi connectivity index (χ0n) is 23.6. The normalized spacial score (nSPS) is 28.8. The predicted octanol–water partition coefficient (Wildman–Crippen LogP) is 6.40. The lowest BCUT2D eigenvalue weighted by molar-refractivity contribution is -0.177. The summed E-state index contributed by atoms with van der Waals surface area (Å²) in [5.74, 6) is -0.262. The van der Waals surface area contributed by atoms with Gasteiger partial charge in [-0.15, -0.1) is 0 Å². The first-order chi connectivity index (χ1) is 20.0. The lowest BCUT2D eigenvalue weighted by atomic mass is 9.79. The van der Waals surface area contributed by atoms with E-state index in [0.29, 0.717) is 48.6 Å². The molecule has 2 aromatic rings. The number of piperidine rings is 1. The Kier molecular flexibility index (Phi) is 7.81. The van der Waals surface area contributed by atoms with Gasteiger partial charge in [-0.05, 0) is 104 Å². The molecule has 2 saturated heterocycles. The number of benzene rings is 2. The number of fused-ring (bicyclic) bond motifs is 1. The quantitative estimate of drug-likeness (QED) is 0.428. The number of amides is 1. The third kappa shape index (κ3) is 5.55. The molecule has 1 amide bonds. The number of carboxylic acid groups (broad SMARTS) is 1. The minimum atomic E-state index is -4.50. The Morgan fingerprint density at radius 1 is 1.10 bits per heavy atom. The van der Waals surface area contributed by atoms with Crippen molar-refractivity contribution >= 4 is 23.5 Å². The average Bonchev–Trinajstić information content (AvgIpc) is 3.82. The number of rotatable bonds is 5. The molecule has 0 spiro atoms. The van der Waals surface area contributed by atoms with Crippen LogP contribution in [-0.2, 0) is 28.7 Å². The third-order valence-electron chi connectivity index (χ3n) is 9.89. The Morgan fingerprint density at radius 3 is 2.52 bits per heavy atom. The molecule has 3 aliphatic heterocycles. The predicted molar refractivity (Wildman–Crippen MR) is 152 cm³/mol. The van der Waals surface area contributed by atoms with E-state index in [9.17, 15) is 27.9 Å². The summed E-state index contributed by atoms with van der Waals surface area (Å²) in [7, 11) is 0. The molecule has 0 bridgehead atoms. The Hall–Kier alpha value is -2.62. The topological polar surface area (TPSA) is 70.1 Å². The van der Waals surface area contributed by atoms with Crippen molar-refractivity contribution in [2.75, 3.05) is 26.2 Å². The maximum Gasteiger partial charge on any atom is 0.416 e. The molecule has 42 heavy (non-hydrogen) atoms. The van der Waals surface area contributed by atoms with E-state index in [1.54, 1.807) is 17.0 Å². The van der Waals surface area contributed by atoms with Gasteiger partial charge in [0.2, 0.25) is 0 Å². The van der Waals surface area contributed by atoms with E-state index in [4.69, 9.17) is 16.3 Å². The molecule has 1 aliphatic carbocycles. The Labute approximate surface area is 248 Å². The van der Waals surface area contributed by atoms with Gasteiger partial charge < -0.3 is 14.7 Å². The first kappa shape index (κ1) is 29.5. The van der Waals surface area contributed by atoms with Crippen molar-refractivity contribution < 1.29 is 32.6 Å². The van der Waals surface area contributed by atoms with Gasteiger partial charge >= 0.3 is 12.1 Å². The summed E-state index contributed by atoms with van der Waals surface area (Å²) in [5.41, 5.74) is 0.811. The van der Waals surface area contributed by atoms with Crippen molar-refractivity contribution in [1.82, 2.24) is 9.80 Å². The first-order valence-electron chi connectivity index (χ1n) is 14.9. The van der Waals surface area contributed by atoms with Crippen LogP contribution in [-0.4, -0.2) is 64.7 Å². The fraction of sp³-hybridized carbons (Fsp3) is 0.562. The standard InChI is InChI=1S/C32H36ClF3N2O4/c1-19-16-37(11-8-26(19)20-3-2-4-21(13-20)29(39)40)25-7-10-31(42-18-25,23-5-6-23)30(41)38-12-9-27-22(17-38)14-24(15-28(27)33)32(34,35)36/h2-4,13-15,19,23,25-26H,5-12,16-18H2,1H3,(H,39,40)/t19-,25?,26-,31-/m0/s1. The van der Waals surface area contributed by atoms with Gasteiger partial charge in [0.25, 0.3) is 5.91 Å². The number of aromatic carboxylic acids is 1. The molecule has 1 saturated carbocycles. The number of ether oxygens (including phenoxy) is 1. The molecule has 10 heteroatoms. The molecule has 4 aliphatic rings. The van der Waals surface area contributed by atoms with Crippen LogP contribution in [0.3, 0.4) is 0 Å². The van der Waals surface area contributed by atoms with Crippen molar-refractivity contribution in [1.29, 1.82) is 0 Å². The minimum Gasteiger partial charge on any atom is -0.478 e. The molecule has 6 nitrogen and oxygen atoms in total. The molecule has 1 unspecified atom stereocenters. The van der Waals surface area contributed by atoms with Crippen LogP contribution in [0, 0.1) is 11.8 Å². The maximum atomic E-state index is 14.0. The largest absolute Gasteiger partial charge is 0.478 e. The molecule has 0 radical (unpaired) electrons. The van der Waals surface area contributed by atoms with Crippen LogP contribution >= 0.6 is 11.6 Å². The van der Waals surface area contributed by atoms with Crippen LogP contribution in [0.1, 0.15) is 77.6 Å². The average molecular weight is 605 g/mol. The lowest BCUT2D eigenvalue weighted by Crippen LogP contribution is -2.59. The van der Waals surface area contributed by atoms with Crippen molar-refractivity contribution in [2.45, 2.75) is 75.7 Å². The van der Waals surface area contributed by atoms with Gasteiger partial charge in [-0.2, -0.15) is 13.2 Å². The SMILES string of the molecule is C[C@H]1CN(C2CC[C@@](C(=O)N3CCc4c(Cl)cc(C(F)(F)F)cc4C3)(C3CC3)OC2)CC[C@@H]1c1cccc(C(=O)O)c1. The maximum absolute atomic E-state index is 14.0. The Bertz CT molecular complexity index is 1370. The number of hydrogen-bond acceptors (Lipinski definition) is 4. The number of carboxylic acids is 1. The molecule has 226 valence electrons. The number of likely N-dealkylation sites (tertiary alicyclic amines) is 1. The zero-order chi connectivity index (χ0) is 29.8. The van der Waals surface area contributed by atoms with Gasteiger partial charge in [0.15, 0.2) is 0 Å². The molecule has 2 aromatic carbocycles. The first-order valence-corrected chi connectivity index (χ1v) is 15.2. The van der Waals surface area contributed by atoms with Crippen LogP contribution in [0.4, 0.5) is 13.2 Å². The highest BCUT2D eigenvalue weighted by Gasteiger charge is 2.56. The second-order valence-electron chi connectivity index (χ2n) is 12.5.